The molecule has 2 N–H and O–H groups in total. The summed E-state index contributed by atoms with van der Waals surface area (Å²) in [7, 11) is 0. The van der Waals surface area contributed by atoms with Crippen LogP contribution in [0.4, 0.5) is 14.9 Å². The topological polar surface area (TPSA) is 58.6 Å². The Morgan fingerprint density at radius 3 is 2.89 bits per heavy atom. The van der Waals surface area contributed by atoms with Gasteiger partial charge in [0.15, 0.2) is 0 Å². The highest BCUT2D eigenvalue weighted by atomic mass is 19.1. The third kappa shape index (κ3) is 5.40. The van der Waals surface area contributed by atoms with Crippen LogP contribution in [0, 0.1) is 17.7 Å². The van der Waals surface area contributed by atoms with Crippen molar-refractivity contribution in [1.82, 2.24) is 0 Å². The van der Waals surface area contributed by atoms with E-state index in [4.69, 9.17) is 9.84 Å². The Morgan fingerprint density at radius 2 is 2.26 bits per heavy atom. The maximum absolute atomic E-state index is 13.4. The minimum absolute atomic E-state index is 0.0761. The molecule has 1 amide bonds. The number of rotatable bonds is 3. The molecule has 0 atom stereocenters. The fourth-order valence-electron chi connectivity index (χ4n) is 1.27. The number of ether oxygens (including phenoxy) is 1. The lowest BCUT2D eigenvalue weighted by molar-refractivity contribution is 0.130. The van der Waals surface area contributed by atoms with Crippen LogP contribution in [0.5, 0.6) is 0 Å². The lowest BCUT2D eigenvalue weighted by Gasteiger charge is -2.09. The first kappa shape index (κ1) is 15.0. The lowest BCUT2D eigenvalue weighted by atomic mass is 10.2. The van der Waals surface area contributed by atoms with Crippen LogP contribution in [0.3, 0.4) is 0 Å². The van der Waals surface area contributed by atoms with Crippen molar-refractivity contribution in [3.63, 3.8) is 0 Å². The highest BCUT2D eigenvalue weighted by Crippen LogP contribution is 2.14. The summed E-state index contributed by atoms with van der Waals surface area (Å²) in [6.45, 7) is 3.39. The minimum Gasteiger partial charge on any atom is -0.447 e. The summed E-state index contributed by atoms with van der Waals surface area (Å²) in [5.41, 5.74) is 0.566. The zero-order chi connectivity index (χ0) is 14.3. The summed E-state index contributed by atoms with van der Waals surface area (Å²) in [5.74, 6) is 4.73. The van der Waals surface area contributed by atoms with Crippen molar-refractivity contribution in [2.24, 2.45) is 0 Å². The van der Waals surface area contributed by atoms with Gasteiger partial charge < -0.3 is 9.84 Å². The number of hydrogen-bond acceptors (Lipinski definition) is 3. The van der Waals surface area contributed by atoms with E-state index < -0.39 is 11.9 Å². The molecule has 0 heterocycles. The van der Waals surface area contributed by atoms with E-state index in [9.17, 15) is 9.18 Å². The molecule has 0 aliphatic carbocycles. The van der Waals surface area contributed by atoms with Gasteiger partial charge >= 0.3 is 6.09 Å². The summed E-state index contributed by atoms with van der Waals surface area (Å²) < 4.78 is 18.3. The maximum Gasteiger partial charge on any atom is 0.411 e. The number of hydrogen-bond donors (Lipinski definition) is 2. The largest absolute Gasteiger partial charge is 0.447 e. The Labute approximate surface area is 111 Å². The van der Waals surface area contributed by atoms with E-state index in [1.165, 1.54) is 18.2 Å². The Kier molecular flexibility index (Phi) is 5.83. The number of nitrogens with one attached hydrogen (secondary N) is 1. The molecule has 0 unspecified atom stereocenters. The molecule has 0 aliphatic rings. The summed E-state index contributed by atoms with van der Waals surface area (Å²) in [6.07, 6.45) is -0.563. The Morgan fingerprint density at radius 1 is 1.53 bits per heavy atom. The van der Waals surface area contributed by atoms with Gasteiger partial charge in [0.25, 0.3) is 0 Å². The van der Waals surface area contributed by atoms with E-state index in [0.29, 0.717) is 5.69 Å². The van der Waals surface area contributed by atoms with Gasteiger partial charge in [-0.1, -0.05) is 11.8 Å². The molecule has 0 aromatic heterocycles. The zero-order valence-corrected chi connectivity index (χ0v) is 10.9. The van der Waals surface area contributed by atoms with Crippen LogP contribution in [0.15, 0.2) is 18.2 Å². The van der Waals surface area contributed by atoms with Gasteiger partial charge in [-0.3, -0.25) is 5.32 Å². The number of amides is 1. The van der Waals surface area contributed by atoms with Crippen molar-refractivity contribution < 1.29 is 19.0 Å². The molecule has 0 spiro atoms. The Bertz CT molecular complexity index is 503. The maximum atomic E-state index is 13.4. The smallest absolute Gasteiger partial charge is 0.411 e. The standard InChI is InChI=1S/C14H16FNO3/c1-10(2)19-14(18)16-12-6-7-13(15)11(9-12)5-3-4-8-17/h6-7,9-10,17H,4,8H2,1-2H3,(H,16,18). The average Bonchev–Trinajstić information content (AvgIpc) is 2.32. The summed E-state index contributed by atoms with van der Waals surface area (Å²) in [5, 5.41) is 11.1. The van der Waals surface area contributed by atoms with Gasteiger partial charge in [0.2, 0.25) is 0 Å². The molecule has 5 heteroatoms. The average molecular weight is 265 g/mol. The summed E-state index contributed by atoms with van der Waals surface area (Å²) >= 11 is 0. The van der Waals surface area contributed by atoms with Gasteiger partial charge in [0.1, 0.15) is 5.82 Å². The SMILES string of the molecule is CC(C)OC(=O)Nc1ccc(F)c(C#CCCO)c1. The van der Waals surface area contributed by atoms with Crippen molar-refractivity contribution >= 4 is 11.8 Å². The van der Waals surface area contributed by atoms with Crippen LogP contribution in [0.1, 0.15) is 25.8 Å². The predicted molar refractivity (Wildman–Crippen MR) is 70.2 cm³/mol. The first-order valence-electron chi connectivity index (χ1n) is 5.90. The molecule has 102 valence electrons. The zero-order valence-electron chi connectivity index (χ0n) is 10.9. The van der Waals surface area contributed by atoms with Crippen molar-refractivity contribution in [1.29, 1.82) is 0 Å². The van der Waals surface area contributed by atoms with Gasteiger partial charge in [-0.05, 0) is 32.0 Å². The van der Waals surface area contributed by atoms with E-state index in [0.717, 1.165) is 0 Å². The van der Waals surface area contributed by atoms with Crippen LogP contribution < -0.4 is 5.32 Å². The predicted octanol–water partition coefficient (Wildman–Crippen LogP) is 2.52. The molecule has 1 aromatic carbocycles. The molecule has 0 radical (unpaired) electrons. The normalized spacial score (nSPS) is 9.74. The van der Waals surface area contributed by atoms with Crippen LogP contribution in [0.25, 0.3) is 0 Å². The second-order valence-corrected chi connectivity index (χ2v) is 4.05. The molecule has 19 heavy (non-hydrogen) atoms. The molecular weight excluding hydrogens is 249 g/mol. The molecule has 0 saturated heterocycles. The highest BCUT2D eigenvalue weighted by molar-refractivity contribution is 5.84. The third-order valence-electron chi connectivity index (χ3n) is 2.02. The number of aliphatic hydroxyl groups is 1. The van der Waals surface area contributed by atoms with Crippen LogP contribution in [-0.2, 0) is 4.74 Å². The van der Waals surface area contributed by atoms with Gasteiger partial charge in [0.05, 0.1) is 18.3 Å². The second kappa shape index (κ2) is 7.39. The van der Waals surface area contributed by atoms with Gasteiger partial charge in [0, 0.05) is 12.1 Å². The van der Waals surface area contributed by atoms with Crippen LogP contribution in [0.2, 0.25) is 0 Å². The molecule has 4 nitrogen and oxygen atoms in total. The summed E-state index contributed by atoms with van der Waals surface area (Å²) in [6, 6.07) is 4.06. The molecule has 1 rings (SSSR count). The monoisotopic (exact) mass is 265 g/mol. The number of carbonyl (C=O) groups is 1. The molecular formula is C14H16FNO3. The molecule has 0 saturated carbocycles. The lowest BCUT2D eigenvalue weighted by Crippen LogP contribution is -2.18. The van der Waals surface area contributed by atoms with E-state index >= 15 is 0 Å². The first-order valence-corrected chi connectivity index (χ1v) is 5.90. The number of aliphatic hydroxyl groups excluding tert-OH is 1. The first-order chi connectivity index (χ1) is 9.02. The second-order valence-electron chi connectivity index (χ2n) is 4.05. The number of anilines is 1. The highest BCUT2D eigenvalue weighted by Gasteiger charge is 2.07. The van der Waals surface area contributed by atoms with Crippen LogP contribution in [-0.4, -0.2) is 23.9 Å². The van der Waals surface area contributed by atoms with E-state index in [2.05, 4.69) is 17.2 Å². The van der Waals surface area contributed by atoms with Crippen molar-refractivity contribution in [3.05, 3.63) is 29.6 Å². The van der Waals surface area contributed by atoms with Crippen LogP contribution >= 0.6 is 0 Å². The Balaban J connectivity index is 2.79. The molecule has 0 aliphatic heterocycles. The van der Waals surface area contributed by atoms with E-state index in [1.807, 2.05) is 0 Å². The summed E-state index contributed by atoms with van der Waals surface area (Å²) in [4.78, 5) is 11.4. The number of carbonyl (C=O) groups excluding carboxylic acids is 1. The van der Waals surface area contributed by atoms with Crippen molar-refractivity contribution in [2.75, 3.05) is 11.9 Å². The fourth-order valence-corrected chi connectivity index (χ4v) is 1.27. The molecule has 0 fully saturated rings. The molecule has 1 aromatic rings. The quantitative estimate of drug-likeness (QED) is 0.826. The Hall–Kier alpha value is -2.06. The van der Waals surface area contributed by atoms with Gasteiger partial charge in [-0.15, -0.1) is 0 Å². The van der Waals surface area contributed by atoms with Crippen molar-refractivity contribution in [2.45, 2.75) is 26.4 Å². The van der Waals surface area contributed by atoms with E-state index in [-0.39, 0.29) is 24.7 Å². The minimum atomic E-state index is -0.601. The fraction of sp³-hybridized carbons (Fsp3) is 0.357. The number of benzene rings is 1. The van der Waals surface area contributed by atoms with Crippen molar-refractivity contribution in [3.8, 4) is 11.8 Å². The van der Waals surface area contributed by atoms with Gasteiger partial charge in [-0.25, -0.2) is 9.18 Å². The number of halogens is 1. The van der Waals surface area contributed by atoms with Gasteiger partial charge in [-0.2, -0.15) is 0 Å². The third-order valence-corrected chi connectivity index (χ3v) is 2.02. The molecule has 0 bridgehead atoms. The van der Waals surface area contributed by atoms with E-state index in [1.54, 1.807) is 13.8 Å².